The van der Waals surface area contributed by atoms with E-state index in [0.717, 1.165) is 45.3 Å². The molecule has 0 radical (unpaired) electrons. The average molecular weight is 418 g/mol. The Kier molecular flexibility index (Phi) is 13.8. The summed E-state index contributed by atoms with van der Waals surface area (Å²) in [6.45, 7) is 8.26. The number of nitrogens with one attached hydrogen (secondary N) is 1. The van der Waals surface area contributed by atoms with Crippen LogP contribution in [0.4, 0.5) is 0 Å². The number of hydrogen-bond acceptors (Lipinski definition) is 3. The van der Waals surface area contributed by atoms with Crippen molar-refractivity contribution in [1.82, 2.24) is 10.2 Å². The van der Waals surface area contributed by atoms with Crippen molar-refractivity contribution in [3.8, 4) is 0 Å². The maximum atomic E-state index is 12.4. The smallest absolute Gasteiger partial charge is 0.223 e. The lowest BCUT2D eigenvalue weighted by Gasteiger charge is -2.25. The van der Waals surface area contributed by atoms with Gasteiger partial charge in [0.2, 0.25) is 5.91 Å². The molecule has 1 aliphatic carbocycles. The van der Waals surface area contributed by atoms with Crippen molar-refractivity contribution in [1.29, 1.82) is 0 Å². The number of amides is 1. The molecule has 0 aliphatic heterocycles. The molecule has 0 spiro atoms. The van der Waals surface area contributed by atoms with Crippen molar-refractivity contribution in [2.45, 2.75) is 71.5 Å². The quantitative estimate of drug-likeness (QED) is 0.629. The number of benzene rings is 1. The second-order valence-electron chi connectivity index (χ2n) is 7.38. The van der Waals surface area contributed by atoms with E-state index in [1.807, 2.05) is 0 Å². The fraction of sp³-hybridized carbons (Fsp3) is 0.667. The van der Waals surface area contributed by atoms with Crippen molar-refractivity contribution in [3.05, 3.63) is 35.4 Å². The molecule has 0 heterocycles. The summed E-state index contributed by atoms with van der Waals surface area (Å²) in [7, 11) is 0. The standard InChI is InChI=1S/C21H35N3O.2ClH/c1-3-5-12-24(4-2)16-18-9-6-8-17(13-18)15-23-21(25)19-10-7-11-20(22)14-19;;/h6,8-9,13,19-20H,3-5,7,10-12,14-16,22H2,1-2H3,(H,23,25);2*1H. The molecule has 0 saturated heterocycles. The Bertz CT molecular complexity index is 542. The minimum atomic E-state index is 0. The van der Waals surface area contributed by atoms with E-state index in [1.165, 1.54) is 24.0 Å². The maximum Gasteiger partial charge on any atom is 0.223 e. The first kappa shape index (κ1) is 26.2. The van der Waals surface area contributed by atoms with Gasteiger partial charge in [0.05, 0.1) is 0 Å². The summed E-state index contributed by atoms with van der Waals surface area (Å²) in [5, 5.41) is 3.11. The SMILES string of the molecule is CCCCN(CC)Cc1cccc(CNC(=O)C2CCCC(N)C2)c1.Cl.Cl. The summed E-state index contributed by atoms with van der Waals surface area (Å²) in [5.74, 6) is 0.259. The van der Waals surface area contributed by atoms with Crippen LogP contribution in [0.1, 0.15) is 63.5 Å². The molecule has 2 unspecified atom stereocenters. The van der Waals surface area contributed by atoms with Crippen LogP contribution in [0.15, 0.2) is 24.3 Å². The molecule has 1 amide bonds. The third kappa shape index (κ3) is 9.29. The molecule has 27 heavy (non-hydrogen) atoms. The molecule has 0 aromatic heterocycles. The Morgan fingerprint density at radius 2 is 1.96 bits per heavy atom. The van der Waals surface area contributed by atoms with Crippen LogP contribution >= 0.6 is 24.8 Å². The number of unbranched alkanes of at least 4 members (excludes halogenated alkanes) is 1. The van der Waals surface area contributed by atoms with E-state index in [0.29, 0.717) is 6.54 Å². The molecule has 2 rings (SSSR count). The predicted molar refractivity (Wildman–Crippen MR) is 119 cm³/mol. The highest BCUT2D eigenvalue weighted by Crippen LogP contribution is 2.23. The van der Waals surface area contributed by atoms with E-state index in [4.69, 9.17) is 5.73 Å². The van der Waals surface area contributed by atoms with Crippen LogP contribution in [0.5, 0.6) is 0 Å². The summed E-state index contributed by atoms with van der Waals surface area (Å²) >= 11 is 0. The monoisotopic (exact) mass is 417 g/mol. The van der Waals surface area contributed by atoms with E-state index < -0.39 is 0 Å². The number of rotatable bonds is 9. The van der Waals surface area contributed by atoms with Crippen LogP contribution in [0.25, 0.3) is 0 Å². The molecule has 0 bridgehead atoms. The van der Waals surface area contributed by atoms with Gasteiger partial charge in [-0.05, 0) is 49.9 Å². The first-order valence-corrected chi connectivity index (χ1v) is 9.95. The van der Waals surface area contributed by atoms with Crippen molar-refractivity contribution in [2.75, 3.05) is 13.1 Å². The summed E-state index contributed by atoms with van der Waals surface area (Å²) < 4.78 is 0. The lowest BCUT2D eigenvalue weighted by molar-refractivity contribution is -0.126. The van der Waals surface area contributed by atoms with Crippen LogP contribution in [0.2, 0.25) is 0 Å². The normalized spacial score (nSPS) is 19.1. The Hall–Kier alpha value is -0.810. The van der Waals surface area contributed by atoms with E-state index in [1.54, 1.807) is 0 Å². The molecule has 2 atom stereocenters. The number of carbonyl (C=O) groups is 1. The van der Waals surface area contributed by atoms with Gasteiger partial charge in [0.15, 0.2) is 0 Å². The Balaban J connectivity index is 0.00000338. The summed E-state index contributed by atoms with van der Waals surface area (Å²) in [5.41, 5.74) is 8.50. The number of nitrogens with zero attached hydrogens (tertiary/aromatic N) is 1. The van der Waals surface area contributed by atoms with E-state index in [2.05, 4.69) is 48.3 Å². The molecule has 156 valence electrons. The van der Waals surface area contributed by atoms with E-state index in [-0.39, 0.29) is 42.7 Å². The van der Waals surface area contributed by atoms with Crippen LogP contribution in [0, 0.1) is 5.92 Å². The lowest BCUT2D eigenvalue weighted by Crippen LogP contribution is -2.37. The van der Waals surface area contributed by atoms with Gasteiger partial charge >= 0.3 is 0 Å². The third-order valence-corrected chi connectivity index (χ3v) is 5.22. The van der Waals surface area contributed by atoms with Crippen molar-refractivity contribution in [2.24, 2.45) is 11.7 Å². The zero-order valence-electron chi connectivity index (χ0n) is 16.8. The Labute approximate surface area is 177 Å². The van der Waals surface area contributed by atoms with Gasteiger partial charge in [0.1, 0.15) is 0 Å². The zero-order valence-corrected chi connectivity index (χ0v) is 18.4. The highest BCUT2D eigenvalue weighted by molar-refractivity contribution is 5.85. The van der Waals surface area contributed by atoms with E-state index >= 15 is 0 Å². The van der Waals surface area contributed by atoms with Crippen molar-refractivity contribution in [3.63, 3.8) is 0 Å². The molecular formula is C21H37Cl2N3O. The molecule has 3 N–H and O–H groups in total. The van der Waals surface area contributed by atoms with E-state index in [9.17, 15) is 4.79 Å². The van der Waals surface area contributed by atoms with Crippen molar-refractivity contribution >= 4 is 30.7 Å². The molecule has 6 heteroatoms. The molecular weight excluding hydrogens is 381 g/mol. The second-order valence-corrected chi connectivity index (χ2v) is 7.38. The largest absolute Gasteiger partial charge is 0.352 e. The third-order valence-electron chi connectivity index (χ3n) is 5.22. The highest BCUT2D eigenvalue weighted by Gasteiger charge is 2.24. The number of carbonyl (C=O) groups excluding carboxylic acids is 1. The second kappa shape index (κ2) is 14.2. The molecule has 1 aromatic carbocycles. The summed E-state index contributed by atoms with van der Waals surface area (Å²) in [6.07, 6.45) is 6.40. The minimum Gasteiger partial charge on any atom is -0.352 e. The van der Waals surface area contributed by atoms with Crippen LogP contribution in [-0.2, 0) is 17.9 Å². The lowest BCUT2D eigenvalue weighted by atomic mass is 9.85. The Morgan fingerprint density at radius 1 is 1.22 bits per heavy atom. The van der Waals surface area contributed by atoms with Gasteiger partial charge in [-0.2, -0.15) is 0 Å². The average Bonchev–Trinajstić information content (AvgIpc) is 2.63. The topological polar surface area (TPSA) is 58.4 Å². The van der Waals surface area contributed by atoms with Crippen molar-refractivity contribution < 1.29 is 4.79 Å². The summed E-state index contributed by atoms with van der Waals surface area (Å²) in [6, 6.07) is 8.79. The van der Waals surface area contributed by atoms with Crippen LogP contribution < -0.4 is 11.1 Å². The van der Waals surface area contributed by atoms with Gasteiger partial charge in [0, 0.05) is 25.0 Å². The molecule has 1 aliphatic rings. The first-order valence-electron chi connectivity index (χ1n) is 9.95. The molecule has 4 nitrogen and oxygen atoms in total. The number of halogens is 2. The predicted octanol–water partition coefficient (Wildman–Crippen LogP) is 4.29. The van der Waals surface area contributed by atoms with Gasteiger partial charge in [0.25, 0.3) is 0 Å². The summed E-state index contributed by atoms with van der Waals surface area (Å²) in [4.78, 5) is 14.8. The first-order chi connectivity index (χ1) is 12.1. The fourth-order valence-electron chi connectivity index (χ4n) is 3.63. The van der Waals surface area contributed by atoms with Gasteiger partial charge in [-0.15, -0.1) is 24.8 Å². The van der Waals surface area contributed by atoms with Gasteiger partial charge in [-0.25, -0.2) is 0 Å². The molecule has 1 fully saturated rings. The van der Waals surface area contributed by atoms with Gasteiger partial charge in [-0.1, -0.05) is 51.0 Å². The fourth-order valence-corrected chi connectivity index (χ4v) is 3.63. The van der Waals surface area contributed by atoms with Gasteiger partial charge in [-0.3, -0.25) is 9.69 Å². The molecule has 1 aromatic rings. The number of nitrogens with two attached hydrogens (primary N) is 1. The van der Waals surface area contributed by atoms with Crippen LogP contribution in [0.3, 0.4) is 0 Å². The molecule has 1 saturated carbocycles. The highest BCUT2D eigenvalue weighted by atomic mass is 35.5. The van der Waals surface area contributed by atoms with Crippen LogP contribution in [-0.4, -0.2) is 29.9 Å². The zero-order chi connectivity index (χ0) is 18.1. The van der Waals surface area contributed by atoms with Gasteiger partial charge < -0.3 is 11.1 Å². The number of hydrogen-bond donors (Lipinski definition) is 2. The Morgan fingerprint density at radius 3 is 2.63 bits per heavy atom. The maximum absolute atomic E-state index is 12.4. The minimum absolute atomic E-state index is 0.